The van der Waals surface area contributed by atoms with Gasteiger partial charge in [0, 0.05) is 16.6 Å². The van der Waals surface area contributed by atoms with Gasteiger partial charge in [-0.3, -0.25) is 0 Å². The van der Waals surface area contributed by atoms with Gasteiger partial charge < -0.3 is 5.73 Å². The third kappa shape index (κ3) is 3.32. The monoisotopic (exact) mass is 233 g/mol. The van der Waals surface area contributed by atoms with Crippen LogP contribution in [0.5, 0.6) is 0 Å². The summed E-state index contributed by atoms with van der Waals surface area (Å²) in [4.78, 5) is 0. The lowest BCUT2D eigenvalue weighted by Crippen LogP contribution is -1.98. The molecule has 1 rings (SSSR count). The zero-order chi connectivity index (χ0) is 9.56. The molecular formula is C9H13BrFN. The second-order valence-corrected chi connectivity index (χ2v) is 2.86. The highest BCUT2D eigenvalue weighted by Crippen LogP contribution is 2.14. The van der Waals surface area contributed by atoms with Crippen LogP contribution in [-0.4, -0.2) is 0 Å². The first-order valence-corrected chi connectivity index (χ1v) is 4.67. The highest BCUT2D eigenvalue weighted by molar-refractivity contribution is 9.10. The molecule has 0 unspecified atom stereocenters. The van der Waals surface area contributed by atoms with Crippen molar-refractivity contribution >= 4 is 15.9 Å². The summed E-state index contributed by atoms with van der Waals surface area (Å²) in [7, 11) is 0. The molecule has 68 valence electrons. The van der Waals surface area contributed by atoms with Crippen LogP contribution >= 0.6 is 15.9 Å². The summed E-state index contributed by atoms with van der Waals surface area (Å²) in [5.41, 5.74) is 5.79. The van der Waals surface area contributed by atoms with Gasteiger partial charge in [0.1, 0.15) is 5.82 Å². The molecule has 0 aromatic heterocycles. The molecule has 0 amide bonds. The van der Waals surface area contributed by atoms with E-state index in [0.29, 0.717) is 5.56 Å². The van der Waals surface area contributed by atoms with Crippen molar-refractivity contribution in [2.24, 2.45) is 5.73 Å². The Morgan fingerprint density at radius 3 is 2.42 bits per heavy atom. The van der Waals surface area contributed by atoms with Gasteiger partial charge in [-0.1, -0.05) is 35.8 Å². The molecule has 0 bridgehead atoms. The Morgan fingerprint density at radius 1 is 1.42 bits per heavy atom. The summed E-state index contributed by atoms with van der Waals surface area (Å²) < 4.78 is 13.5. The molecule has 1 aromatic carbocycles. The molecule has 0 aliphatic carbocycles. The minimum Gasteiger partial charge on any atom is -0.326 e. The molecule has 1 aromatic rings. The first kappa shape index (κ1) is 11.6. The van der Waals surface area contributed by atoms with Crippen molar-refractivity contribution < 1.29 is 4.39 Å². The maximum absolute atomic E-state index is 12.7. The zero-order valence-corrected chi connectivity index (χ0v) is 8.86. The predicted molar refractivity (Wildman–Crippen MR) is 53.3 cm³/mol. The molecule has 0 radical (unpaired) electrons. The van der Waals surface area contributed by atoms with Gasteiger partial charge in [-0.2, -0.15) is 0 Å². The van der Waals surface area contributed by atoms with E-state index in [9.17, 15) is 4.39 Å². The van der Waals surface area contributed by atoms with Crippen molar-refractivity contribution in [1.82, 2.24) is 0 Å². The van der Waals surface area contributed by atoms with Crippen LogP contribution < -0.4 is 5.73 Å². The van der Waals surface area contributed by atoms with Crippen LogP contribution in [0.4, 0.5) is 4.39 Å². The van der Waals surface area contributed by atoms with Gasteiger partial charge in [0.2, 0.25) is 0 Å². The highest BCUT2D eigenvalue weighted by atomic mass is 79.9. The molecule has 0 heterocycles. The molecule has 0 aliphatic rings. The number of benzene rings is 1. The summed E-state index contributed by atoms with van der Waals surface area (Å²) >= 11 is 3.14. The molecule has 0 saturated carbocycles. The normalized spacial score (nSPS) is 8.75. The van der Waals surface area contributed by atoms with E-state index < -0.39 is 0 Å². The van der Waals surface area contributed by atoms with Crippen molar-refractivity contribution in [2.45, 2.75) is 20.4 Å². The number of rotatable bonds is 1. The Bertz CT molecular complexity index is 238. The van der Waals surface area contributed by atoms with Crippen LogP contribution in [0.3, 0.4) is 0 Å². The Kier molecular flexibility index (Phi) is 5.93. The summed E-state index contributed by atoms with van der Waals surface area (Å²) in [6.07, 6.45) is 0. The van der Waals surface area contributed by atoms with Crippen LogP contribution in [0.2, 0.25) is 0 Å². The van der Waals surface area contributed by atoms with Crippen molar-refractivity contribution in [3.05, 3.63) is 34.1 Å². The summed E-state index contributed by atoms with van der Waals surface area (Å²) in [6.45, 7) is 4.25. The third-order valence-corrected chi connectivity index (χ3v) is 1.73. The van der Waals surface area contributed by atoms with E-state index in [2.05, 4.69) is 15.9 Å². The van der Waals surface area contributed by atoms with E-state index in [-0.39, 0.29) is 12.4 Å². The molecule has 1 nitrogen and oxygen atoms in total. The Hall–Kier alpha value is -0.410. The van der Waals surface area contributed by atoms with E-state index in [1.807, 2.05) is 13.8 Å². The SMILES string of the molecule is CC.NCc1ccc(Br)cc1F. The van der Waals surface area contributed by atoms with Crippen molar-refractivity contribution in [3.8, 4) is 0 Å². The first-order valence-electron chi connectivity index (χ1n) is 3.88. The number of hydrogen-bond acceptors (Lipinski definition) is 1. The van der Waals surface area contributed by atoms with Crippen LogP contribution in [0, 0.1) is 5.82 Å². The standard InChI is InChI=1S/C7H7BrFN.C2H6/c8-6-2-1-5(4-10)7(9)3-6;1-2/h1-3H,4,10H2;1-2H3. The quantitative estimate of drug-likeness (QED) is 0.793. The predicted octanol–water partition coefficient (Wildman–Crippen LogP) is 3.07. The first-order chi connectivity index (χ1) is 5.74. The fraction of sp³-hybridized carbons (Fsp3) is 0.333. The van der Waals surface area contributed by atoms with Gasteiger partial charge in [0.05, 0.1) is 0 Å². The minimum absolute atomic E-state index is 0.249. The van der Waals surface area contributed by atoms with Gasteiger partial charge in [-0.25, -0.2) is 4.39 Å². The number of halogens is 2. The summed E-state index contributed by atoms with van der Waals surface area (Å²) in [6, 6.07) is 4.84. The van der Waals surface area contributed by atoms with E-state index in [1.54, 1.807) is 12.1 Å². The van der Waals surface area contributed by atoms with E-state index in [4.69, 9.17) is 5.73 Å². The van der Waals surface area contributed by atoms with Crippen molar-refractivity contribution in [3.63, 3.8) is 0 Å². The van der Waals surface area contributed by atoms with Crippen LogP contribution in [0.25, 0.3) is 0 Å². The summed E-state index contributed by atoms with van der Waals surface area (Å²) in [5.74, 6) is -0.253. The Morgan fingerprint density at radius 2 is 2.00 bits per heavy atom. The van der Waals surface area contributed by atoms with Crippen LogP contribution in [0.1, 0.15) is 19.4 Å². The maximum Gasteiger partial charge on any atom is 0.128 e. The molecule has 0 saturated heterocycles. The maximum atomic E-state index is 12.7. The highest BCUT2D eigenvalue weighted by Gasteiger charge is 1.98. The van der Waals surface area contributed by atoms with Crippen LogP contribution in [-0.2, 0) is 6.54 Å². The van der Waals surface area contributed by atoms with Crippen molar-refractivity contribution in [2.75, 3.05) is 0 Å². The molecule has 3 heteroatoms. The van der Waals surface area contributed by atoms with Gasteiger partial charge >= 0.3 is 0 Å². The van der Waals surface area contributed by atoms with E-state index in [1.165, 1.54) is 6.07 Å². The van der Waals surface area contributed by atoms with Gasteiger partial charge in [0.15, 0.2) is 0 Å². The lowest BCUT2D eigenvalue weighted by molar-refractivity contribution is 0.610. The van der Waals surface area contributed by atoms with Gasteiger partial charge in [-0.05, 0) is 12.1 Å². The van der Waals surface area contributed by atoms with Crippen LogP contribution in [0.15, 0.2) is 22.7 Å². The number of hydrogen-bond donors (Lipinski definition) is 1. The third-order valence-electron chi connectivity index (χ3n) is 1.24. The largest absolute Gasteiger partial charge is 0.326 e. The Labute approximate surface area is 80.9 Å². The zero-order valence-electron chi connectivity index (χ0n) is 7.27. The van der Waals surface area contributed by atoms with Gasteiger partial charge in [0.25, 0.3) is 0 Å². The average molecular weight is 234 g/mol. The topological polar surface area (TPSA) is 26.0 Å². The van der Waals surface area contributed by atoms with E-state index in [0.717, 1.165) is 4.47 Å². The molecule has 0 fully saturated rings. The number of nitrogens with two attached hydrogens (primary N) is 1. The second kappa shape index (κ2) is 6.14. The molecule has 0 aliphatic heterocycles. The molecule has 12 heavy (non-hydrogen) atoms. The van der Waals surface area contributed by atoms with Crippen molar-refractivity contribution in [1.29, 1.82) is 0 Å². The minimum atomic E-state index is -0.253. The Balaban J connectivity index is 0.000000561. The fourth-order valence-electron chi connectivity index (χ4n) is 0.687. The van der Waals surface area contributed by atoms with E-state index >= 15 is 0 Å². The summed E-state index contributed by atoms with van der Waals surface area (Å²) in [5, 5.41) is 0. The molecule has 2 N–H and O–H groups in total. The molecule has 0 atom stereocenters. The fourth-order valence-corrected chi connectivity index (χ4v) is 1.02. The lowest BCUT2D eigenvalue weighted by atomic mass is 10.2. The smallest absolute Gasteiger partial charge is 0.128 e. The van der Waals surface area contributed by atoms with Gasteiger partial charge in [-0.15, -0.1) is 0 Å². The molecular weight excluding hydrogens is 221 g/mol. The average Bonchev–Trinajstić information content (AvgIpc) is 2.08. The molecule has 0 spiro atoms. The second-order valence-electron chi connectivity index (χ2n) is 1.94. The lowest BCUT2D eigenvalue weighted by Gasteiger charge is -1.97.